The molecule has 0 aromatic heterocycles. The van der Waals surface area contributed by atoms with Gasteiger partial charge < -0.3 is 30.0 Å². The summed E-state index contributed by atoms with van der Waals surface area (Å²) in [6, 6.07) is 11.3. The molecule has 0 unspecified atom stereocenters. The summed E-state index contributed by atoms with van der Waals surface area (Å²) in [5.74, 6) is -2.63. The van der Waals surface area contributed by atoms with Crippen LogP contribution in [0.3, 0.4) is 0 Å². The highest BCUT2D eigenvalue weighted by molar-refractivity contribution is 6.00. The lowest BCUT2D eigenvalue weighted by atomic mass is 10.1. The first-order valence-electron chi connectivity index (χ1n) is 9.10. The summed E-state index contributed by atoms with van der Waals surface area (Å²) in [6.45, 7) is -0.0281. The fourth-order valence-corrected chi connectivity index (χ4v) is 2.48. The number of phenols is 1. The van der Waals surface area contributed by atoms with E-state index >= 15 is 0 Å². The van der Waals surface area contributed by atoms with Crippen LogP contribution in [0.5, 0.6) is 5.75 Å². The Kier molecular flexibility index (Phi) is 8.38. The number of benzene rings is 2. The van der Waals surface area contributed by atoms with Gasteiger partial charge >= 0.3 is 18.0 Å². The zero-order chi connectivity index (χ0) is 22.8. The second-order valence-corrected chi connectivity index (χ2v) is 6.25. The number of amides is 2. The van der Waals surface area contributed by atoms with Gasteiger partial charge in [0.15, 0.2) is 0 Å². The number of methoxy groups -OCH3 is 2. The van der Waals surface area contributed by atoms with Crippen molar-refractivity contribution < 1.29 is 38.5 Å². The molecule has 0 aliphatic rings. The van der Waals surface area contributed by atoms with Crippen molar-refractivity contribution >= 4 is 29.6 Å². The largest absolute Gasteiger partial charge is 0.507 e. The topological polar surface area (TPSA) is 140 Å². The number of hydrogen-bond acceptors (Lipinski definition) is 8. The molecular formula is C21H22N2O8. The Labute approximate surface area is 178 Å². The van der Waals surface area contributed by atoms with Crippen molar-refractivity contribution in [3.8, 4) is 5.75 Å². The highest BCUT2D eigenvalue weighted by Crippen LogP contribution is 2.22. The van der Waals surface area contributed by atoms with Crippen LogP contribution >= 0.6 is 0 Å². The predicted molar refractivity (Wildman–Crippen MR) is 108 cm³/mol. The second kappa shape index (κ2) is 11.2. The molecule has 0 spiro atoms. The molecule has 0 saturated heterocycles. The first-order valence-corrected chi connectivity index (χ1v) is 9.10. The number of rotatable bonds is 8. The van der Waals surface area contributed by atoms with Crippen LogP contribution in [0.15, 0.2) is 48.5 Å². The molecule has 0 radical (unpaired) electrons. The van der Waals surface area contributed by atoms with Crippen molar-refractivity contribution in [1.82, 2.24) is 5.32 Å². The second-order valence-electron chi connectivity index (χ2n) is 6.25. The number of alkyl carbamates (subject to hydrolysis) is 1. The first-order chi connectivity index (χ1) is 14.8. The summed E-state index contributed by atoms with van der Waals surface area (Å²) in [7, 11) is 2.29. The van der Waals surface area contributed by atoms with Crippen molar-refractivity contribution in [1.29, 1.82) is 0 Å². The normalized spacial score (nSPS) is 11.0. The van der Waals surface area contributed by atoms with Gasteiger partial charge in [0.1, 0.15) is 24.0 Å². The number of phenolic OH excluding ortho intramolecular Hbond substituents is 1. The molecule has 0 aliphatic carbocycles. The van der Waals surface area contributed by atoms with Crippen LogP contribution < -0.4 is 10.6 Å². The van der Waals surface area contributed by atoms with E-state index in [1.54, 1.807) is 24.3 Å². The number of esters is 2. The van der Waals surface area contributed by atoms with Crippen molar-refractivity contribution in [2.75, 3.05) is 19.5 Å². The van der Waals surface area contributed by atoms with Gasteiger partial charge in [-0.05, 0) is 23.8 Å². The van der Waals surface area contributed by atoms with E-state index in [0.29, 0.717) is 0 Å². The fourth-order valence-electron chi connectivity index (χ4n) is 2.48. The minimum absolute atomic E-state index is 0.0281. The molecule has 0 fully saturated rings. The van der Waals surface area contributed by atoms with E-state index in [0.717, 1.165) is 19.8 Å². The van der Waals surface area contributed by atoms with Gasteiger partial charge in [0.25, 0.3) is 0 Å². The Morgan fingerprint density at radius 1 is 1.00 bits per heavy atom. The molecule has 0 saturated carbocycles. The number of hydrogen-bond donors (Lipinski definition) is 3. The van der Waals surface area contributed by atoms with E-state index < -0.39 is 36.4 Å². The van der Waals surface area contributed by atoms with E-state index in [2.05, 4.69) is 20.1 Å². The summed E-state index contributed by atoms with van der Waals surface area (Å²) in [4.78, 5) is 48.1. The molecule has 164 valence electrons. The molecule has 3 N–H and O–H groups in total. The van der Waals surface area contributed by atoms with Crippen molar-refractivity contribution in [2.24, 2.45) is 0 Å². The number of carbonyl (C=O) groups is 4. The van der Waals surface area contributed by atoms with E-state index in [1.165, 1.54) is 18.2 Å². The molecule has 31 heavy (non-hydrogen) atoms. The molecule has 2 amide bonds. The Hall–Kier alpha value is -4.08. The average molecular weight is 430 g/mol. The van der Waals surface area contributed by atoms with Gasteiger partial charge in [0.05, 0.1) is 20.6 Å². The SMILES string of the molecule is COC(=O)C[C@H](NC(=O)OCc1ccccc1)C(=O)Nc1ccc(O)c(C(=O)OC)c1. The molecule has 10 nitrogen and oxygen atoms in total. The van der Waals surface area contributed by atoms with Gasteiger partial charge in [-0.2, -0.15) is 0 Å². The maximum absolute atomic E-state index is 12.6. The van der Waals surface area contributed by atoms with Crippen molar-refractivity contribution in [3.63, 3.8) is 0 Å². The molecule has 10 heteroatoms. The minimum Gasteiger partial charge on any atom is -0.507 e. The molecule has 0 bridgehead atoms. The van der Waals surface area contributed by atoms with E-state index in [1.807, 2.05) is 6.07 Å². The minimum atomic E-state index is -1.31. The van der Waals surface area contributed by atoms with E-state index in [9.17, 15) is 24.3 Å². The molecule has 2 aromatic rings. The predicted octanol–water partition coefficient (Wildman–Crippen LogP) is 1.98. The van der Waals surface area contributed by atoms with Gasteiger partial charge in [-0.15, -0.1) is 0 Å². The molecule has 2 rings (SSSR count). The summed E-state index contributed by atoms with van der Waals surface area (Å²) >= 11 is 0. The summed E-state index contributed by atoms with van der Waals surface area (Å²) in [5, 5.41) is 14.5. The van der Waals surface area contributed by atoms with Crippen LogP contribution in [0.4, 0.5) is 10.5 Å². The Balaban J connectivity index is 2.08. The molecule has 1 atom stereocenters. The Morgan fingerprint density at radius 2 is 1.71 bits per heavy atom. The van der Waals surface area contributed by atoms with Crippen LogP contribution in [0.1, 0.15) is 22.3 Å². The van der Waals surface area contributed by atoms with Gasteiger partial charge in [0, 0.05) is 5.69 Å². The van der Waals surface area contributed by atoms with E-state index in [4.69, 9.17) is 4.74 Å². The lowest BCUT2D eigenvalue weighted by Crippen LogP contribution is -2.45. The van der Waals surface area contributed by atoms with Crippen LogP contribution in [-0.2, 0) is 30.4 Å². The smallest absolute Gasteiger partial charge is 0.408 e. The summed E-state index contributed by atoms with van der Waals surface area (Å²) in [6.07, 6.45) is -1.36. The molecule has 2 aromatic carbocycles. The number of aromatic hydroxyl groups is 1. The highest BCUT2D eigenvalue weighted by atomic mass is 16.5. The monoisotopic (exact) mass is 430 g/mol. The zero-order valence-corrected chi connectivity index (χ0v) is 16.9. The van der Waals surface area contributed by atoms with Gasteiger partial charge in [-0.1, -0.05) is 30.3 Å². The zero-order valence-electron chi connectivity index (χ0n) is 16.9. The van der Waals surface area contributed by atoms with Gasteiger partial charge in [0.2, 0.25) is 5.91 Å². The third-order valence-corrected chi connectivity index (χ3v) is 4.09. The maximum atomic E-state index is 12.6. The lowest BCUT2D eigenvalue weighted by molar-refractivity contribution is -0.142. The third kappa shape index (κ3) is 7.03. The average Bonchev–Trinajstić information content (AvgIpc) is 2.78. The van der Waals surface area contributed by atoms with Gasteiger partial charge in [-0.3, -0.25) is 9.59 Å². The van der Waals surface area contributed by atoms with Crippen molar-refractivity contribution in [2.45, 2.75) is 19.1 Å². The molecule has 0 aliphatic heterocycles. The lowest BCUT2D eigenvalue weighted by Gasteiger charge is -2.18. The third-order valence-electron chi connectivity index (χ3n) is 4.09. The molecule has 0 heterocycles. The maximum Gasteiger partial charge on any atom is 0.408 e. The fraction of sp³-hybridized carbons (Fsp3) is 0.238. The molecular weight excluding hydrogens is 408 g/mol. The van der Waals surface area contributed by atoms with Crippen LogP contribution in [0.2, 0.25) is 0 Å². The van der Waals surface area contributed by atoms with Crippen molar-refractivity contribution in [3.05, 3.63) is 59.7 Å². The summed E-state index contributed by atoms with van der Waals surface area (Å²) in [5.41, 5.74) is 0.712. The van der Waals surface area contributed by atoms with Crippen LogP contribution in [0.25, 0.3) is 0 Å². The Bertz CT molecular complexity index is 946. The van der Waals surface area contributed by atoms with Crippen LogP contribution in [0, 0.1) is 0 Å². The summed E-state index contributed by atoms with van der Waals surface area (Å²) < 4.78 is 14.2. The standard InChI is InChI=1S/C21H22N2O8/c1-29-18(25)11-16(23-21(28)31-12-13-6-4-3-5-7-13)19(26)22-14-8-9-17(24)15(10-14)20(27)30-2/h3-10,16,24H,11-12H2,1-2H3,(H,22,26)(H,23,28)/t16-/m0/s1. The number of carbonyl (C=O) groups excluding carboxylic acids is 4. The quantitative estimate of drug-likeness (QED) is 0.328. The van der Waals surface area contributed by atoms with Gasteiger partial charge in [-0.25, -0.2) is 9.59 Å². The Morgan fingerprint density at radius 3 is 2.35 bits per heavy atom. The number of anilines is 1. The number of ether oxygens (including phenoxy) is 3. The van der Waals surface area contributed by atoms with Crippen LogP contribution in [-0.4, -0.2) is 49.3 Å². The number of nitrogens with one attached hydrogen (secondary N) is 2. The van der Waals surface area contributed by atoms with E-state index in [-0.39, 0.29) is 23.6 Å². The first kappa shape index (κ1) is 23.2. The highest BCUT2D eigenvalue weighted by Gasteiger charge is 2.26.